The first-order chi connectivity index (χ1) is 16.3. The molecule has 0 atom stereocenters. The van der Waals surface area contributed by atoms with Crippen molar-refractivity contribution in [2.75, 3.05) is 19.3 Å². The Kier molecular flexibility index (Phi) is 5.49. The van der Waals surface area contributed by atoms with Crippen LogP contribution in [-0.2, 0) is 16.4 Å². The van der Waals surface area contributed by atoms with Crippen LogP contribution in [-0.4, -0.2) is 57.3 Å². The number of H-pyrrole nitrogens is 2. The van der Waals surface area contributed by atoms with Gasteiger partial charge in [0.15, 0.2) is 11.6 Å². The number of aryl methyl sites for hydroxylation is 1. The maximum Gasteiger partial charge on any atom is 0.211 e. The fourth-order valence-corrected chi connectivity index (χ4v) is 5.14. The van der Waals surface area contributed by atoms with Crippen molar-refractivity contribution in [1.29, 1.82) is 0 Å². The van der Waals surface area contributed by atoms with Gasteiger partial charge in [-0.3, -0.25) is 5.10 Å². The third kappa shape index (κ3) is 3.88. The number of hydrogen-bond donors (Lipinski definition) is 3. The zero-order valence-electron chi connectivity index (χ0n) is 18.8. The quantitative estimate of drug-likeness (QED) is 0.397. The van der Waals surface area contributed by atoms with Crippen molar-refractivity contribution < 1.29 is 17.9 Å². The lowest BCUT2D eigenvalue weighted by molar-refractivity contribution is 0.445. The number of halogens is 1. The summed E-state index contributed by atoms with van der Waals surface area (Å²) < 4.78 is 40.4. The molecule has 2 aromatic carbocycles. The van der Waals surface area contributed by atoms with Gasteiger partial charge in [0.2, 0.25) is 10.0 Å². The van der Waals surface area contributed by atoms with Gasteiger partial charge in [0.05, 0.1) is 11.9 Å². The van der Waals surface area contributed by atoms with Crippen molar-refractivity contribution in [2.45, 2.75) is 19.8 Å². The summed E-state index contributed by atoms with van der Waals surface area (Å²) in [6, 6.07) is 8.45. The minimum atomic E-state index is -3.22. The number of phenols is 1. The molecule has 176 valence electrons. The molecule has 0 spiro atoms. The summed E-state index contributed by atoms with van der Waals surface area (Å²) >= 11 is 0. The number of nitrogens with one attached hydrogen (secondary N) is 2. The molecule has 0 saturated carbocycles. The van der Waals surface area contributed by atoms with Crippen LogP contribution in [0.5, 0.6) is 5.75 Å². The molecule has 34 heavy (non-hydrogen) atoms. The number of aromatic nitrogens is 4. The fraction of sp³-hybridized carbons (Fsp3) is 0.250. The van der Waals surface area contributed by atoms with Crippen LogP contribution in [0.15, 0.2) is 42.6 Å². The minimum Gasteiger partial charge on any atom is -0.508 e. The Morgan fingerprint density at radius 1 is 1.21 bits per heavy atom. The van der Waals surface area contributed by atoms with E-state index in [-0.39, 0.29) is 11.3 Å². The standard InChI is InChI=1S/C24H24FN5O3S/c1-3-14-12-16(31)4-5-17(14)18-6-7-19-22(21(18)25)28-29-23(19)24-26-13-20(27-24)15-8-10-30(11-9-15)34(2,32)33/h4-8,12-13,31H,3,9-11H2,1-2H3,(H,26,27)(H,28,29). The second-order valence-corrected chi connectivity index (χ2v) is 10.3. The van der Waals surface area contributed by atoms with E-state index in [2.05, 4.69) is 20.2 Å². The fourth-order valence-electron chi connectivity index (χ4n) is 4.37. The molecule has 0 aliphatic carbocycles. The highest BCUT2D eigenvalue weighted by atomic mass is 32.2. The smallest absolute Gasteiger partial charge is 0.211 e. The number of hydrogen-bond acceptors (Lipinski definition) is 5. The van der Waals surface area contributed by atoms with Gasteiger partial charge in [0, 0.05) is 30.2 Å². The third-order valence-electron chi connectivity index (χ3n) is 6.21. The number of aromatic hydroxyl groups is 1. The number of sulfonamides is 1. The Bertz CT molecular complexity index is 1540. The SMILES string of the molecule is CCc1cc(O)ccc1-c1ccc2c(-c3nc(C4=CCN(S(C)(=O)=O)CC4)c[nH]3)n[nH]c2c1F. The van der Waals surface area contributed by atoms with E-state index in [9.17, 15) is 13.5 Å². The maximum atomic E-state index is 15.5. The zero-order chi connectivity index (χ0) is 24.0. The van der Waals surface area contributed by atoms with Gasteiger partial charge in [-0.15, -0.1) is 0 Å². The average molecular weight is 482 g/mol. The Hall–Kier alpha value is -3.50. The molecule has 0 unspecified atom stereocenters. The topological polar surface area (TPSA) is 115 Å². The molecular weight excluding hydrogens is 457 g/mol. The number of phenolic OH excluding ortho intramolecular Hbond substituents is 1. The highest BCUT2D eigenvalue weighted by Gasteiger charge is 2.23. The summed E-state index contributed by atoms with van der Waals surface area (Å²) in [6.07, 6.45) is 6.04. The average Bonchev–Trinajstić information content (AvgIpc) is 3.47. The van der Waals surface area contributed by atoms with Crippen LogP contribution in [0, 0.1) is 5.82 Å². The first-order valence-electron chi connectivity index (χ1n) is 11.0. The van der Waals surface area contributed by atoms with Gasteiger partial charge in [-0.1, -0.05) is 25.1 Å². The van der Waals surface area contributed by atoms with E-state index < -0.39 is 15.8 Å². The number of imidazole rings is 1. The van der Waals surface area contributed by atoms with Crippen LogP contribution in [0.4, 0.5) is 4.39 Å². The normalized spacial score (nSPS) is 15.1. The van der Waals surface area contributed by atoms with Gasteiger partial charge in [-0.25, -0.2) is 17.8 Å². The lowest BCUT2D eigenvalue weighted by Crippen LogP contribution is -2.33. The monoisotopic (exact) mass is 481 g/mol. The maximum absolute atomic E-state index is 15.5. The first-order valence-corrected chi connectivity index (χ1v) is 12.8. The van der Waals surface area contributed by atoms with E-state index in [0.29, 0.717) is 54.1 Å². The predicted molar refractivity (Wildman–Crippen MR) is 129 cm³/mol. The van der Waals surface area contributed by atoms with Crippen LogP contribution in [0.3, 0.4) is 0 Å². The van der Waals surface area contributed by atoms with E-state index in [1.807, 2.05) is 19.1 Å². The van der Waals surface area contributed by atoms with Gasteiger partial charge >= 0.3 is 0 Å². The van der Waals surface area contributed by atoms with Crippen LogP contribution in [0.2, 0.25) is 0 Å². The third-order valence-corrected chi connectivity index (χ3v) is 7.48. The van der Waals surface area contributed by atoms with E-state index in [1.165, 1.54) is 10.6 Å². The molecule has 10 heteroatoms. The van der Waals surface area contributed by atoms with E-state index in [1.54, 1.807) is 30.5 Å². The van der Waals surface area contributed by atoms with Crippen LogP contribution >= 0.6 is 0 Å². The number of benzene rings is 2. The highest BCUT2D eigenvalue weighted by molar-refractivity contribution is 7.88. The number of nitrogens with zero attached hydrogens (tertiary/aromatic N) is 3. The Morgan fingerprint density at radius 2 is 2.00 bits per heavy atom. The lowest BCUT2D eigenvalue weighted by atomic mass is 9.96. The summed E-state index contributed by atoms with van der Waals surface area (Å²) in [5.74, 6) is 0.231. The van der Waals surface area contributed by atoms with Gasteiger partial charge in [-0.05, 0) is 47.7 Å². The summed E-state index contributed by atoms with van der Waals surface area (Å²) in [6.45, 7) is 2.67. The Morgan fingerprint density at radius 3 is 2.71 bits per heavy atom. The summed E-state index contributed by atoms with van der Waals surface area (Å²) in [7, 11) is -3.22. The van der Waals surface area contributed by atoms with Gasteiger partial charge in [0.25, 0.3) is 0 Å². The van der Waals surface area contributed by atoms with Crippen LogP contribution < -0.4 is 0 Å². The van der Waals surface area contributed by atoms with Crippen molar-refractivity contribution in [3.8, 4) is 28.4 Å². The van der Waals surface area contributed by atoms with Gasteiger partial charge in [-0.2, -0.15) is 9.40 Å². The Labute approximate surface area is 196 Å². The van der Waals surface area contributed by atoms with E-state index >= 15 is 4.39 Å². The Balaban J connectivity index is 1.48. The molecule has 0 radical (unpaired) electrons. The molecule has 0 bridgehead atoms. The zero-order valence-corrected chi connectivity index (χ0v) is 19.6. The first kappa shape index (κ1) is 22.3. The number of rotatable bonds is 5. The summed E-state index contributed by atoms with van der Waals surface area (Å²) in [5, 5.41) is 17.5. The summed E-state index contributed by atoms with van der Waals surface area (Å²) in [4.78, 5) is 7.75. The molecule has 1 aliphatic rings. The van der Waals surface area contributed by atoms with Crippen LogP contribution in [0.25, 0.3) is 39.1 Å². The van der Waals surface area contributed by atoms with Gasteiger partial charge in [0.1, 0.15) is 17.0 Å². The molecule has 8 nitrogen and oxygen atoms in total. The molecule has 5 rings (SSSR count). The molecule has 0 saturated heterocycles. The predicted octanol–water partition coefficient (Wildman–Crippen LogP) is 4.08. The van der Waals surface area contributed by atoms with E-state index in [0.717, 1.165) is 16.7 Å². The highest BCUT2D eigenvalue weighted by Crippen LogP contribution is 2.35. The molecule has 3 heterocycles. The molecule has 0 amide bonds. The molecule has 3 N–H and O–H groups in total. The molecule has 1 aliphatic heterocycles. The van der Waals surface area contributed by atoms with Crippen molar-refractivity contribution in [1.82, 2.24) is 24.5 Å². The van der Waals surface area contributed by atoms with Crippen LogP contribution in [0.1, 0.15) is 24.6 Å². The molecular formula is C24H24FN5O3S. The second-order valence-electron chi connectivity index (χ2n) is 8.35. The summed E-state index contributed by atoms with van der Waals surface area (Å²) in [5.41, 5.74) is 4.46. The molecule has 4 aromatic rings. The minimum absolute atomic E-state index is 0.150. The largest absolute Gasteiger partial charge is 0.508 e. The number of aromatic amines is 2. The number of fused-ring (bicyclic) bond motifs is 1. The lowest BCUT2D eigenvalue weighted by Gasteiger charge is -2.23. The van der Waals surface area contributed by atoms with Crippen molar-refractivity contribution in [3.63, 3.8) is 0 Å². The van der Waals surface area contributed by atoms with Gasteiger partial charge < -0.3 is 10.1 Å². The van der Waals surface area contributed by atoms with Crippen molar-refractivity contribution >= 4 is 26.5 Å². The molecule has 0 fully saturated rings. The van der Waals surface area contributed by atoms with E-state index in [4.69, 9.17) is 0 Å². The van der Waals surface area contributed by atoms with Crippen molar-refractivity contribution in [2.24, 2.45) is 0 Å². The van der Waals surface area contributed by atoms with Crippen molar-refractivity contribution in [3.05, 3.63) is 59.7 Å². The molecule has 2 aromatic heterocycles. The second kappa shape index (κ2) is 8.37.